The fourth-order valence-electron chi connectivity index (χ4n) is 1.28. The van der Waals surface area contributed by atoms with Crippen molar-refractivity contribution in [2.45, 2.75) is 6.92 Å². The minimum atomic E-state index is -0.0880. The van der Waals surface area contributed by atoms with Crippen molar-refractivity contribution >= 4 is 33.2 Å². The first-order chi connectivity index (χ1) is 8.06. The van der Waals surface area contributed by atoms with Crippen molar-refractivity contribution in [1.82, 2.24) is 5.43 Å². The summed E-state index contributed by atoms with van der Waals surface area (Å²) in [6.45, 7) is 1.82. The number of halogens is 2. The molecule has 4 nitrogen and oxygen atoms in total. The summed E-state index contributed by atoms with van der Waals surface area (Å²) in [5.74, 6) is 5.35. The number of nitrogens with two attached hydrogens (primary N) is 1. The molecule has 0 bridgehead atoms. The highest BCUT2D eigenvalue weighted by atomic mass is 79.9. The molecule has 1 aromatic carbocycles. The highest BCUT2D eigenvalue weighted by Crippen LogP contribution is 2.31. The molecular weight excluding hydrogens is 304 g/mol. The number of nitrogens with one attached hydrogen (secondary N) is 1. The van der Waals surface area contributed by atoms with Crippen molar-refractivity contribution in [1.29, 1.82) is 10.5 Å². The van der Waals surface area contributed by atoms with Crippen LogP contribution in [0.4, 0.5) is 0 Å². The highest BCUT2D eigenvalue weighted by Gasteiger charge is 2.14. The van der Waals surface area contributed by atoms with Gasteiger partial charge in [0.15, 0.2) is 5.57 Å². The molecule has 3 N–H and O–H groups in total. The molecule has 0 unspecified atom stereocenters. The second-order valence-electron chi connectivity index (χ2n) is 3.15. The standard InChI is InChI=1S/C11H8BrClN4/c1-6-9(13)3-2-8(10(6)12)11(17-16)7(4-14)5-15/h2-3,17H,16H2,1H3. The zero-order valence-corrected chi connectivity index (χ0v) is 11.2. The Labute approximate surface area is 112 Å². The van der Waals surface area contributed by atoms with Crippen molar-refractivity contribution in [2.75, 3.05) is 0 Å². The third-order valence-corrected chi connectivity index (χ3v) is 3.64. The summed E-state index contributed by atoms with van der Waals surface area (Å²) in [4.78, 5) is 0. The fraction of sp³-hybridized carbons (Fsp3) is 0.0909. The Morgan fingerprint density at radius 3 is 2.47 bits per heavy atom. The average molecular weight is 312 g/mol. The molecule has 0 saturated heterocycles. The van der Waals surface area contributed by atoms with Crippen molar-refractivity contribution in [3.05, 3.63) is 38.3 Å². The molecule has 17 heavy (non-hydrogen) atoms. The lowest BCUT2D eigenvalue weighted by molar-refractivity contribution is 0.985. The van der Waals surface area contributed by atoms with Crippen molar-refractivity contribution in [3.63, 3.8) is 0 Å². The molecule has 0 aromatic heterocycles. The molecule has 86 valence electrons. The zero-order chi connectivity index (χ0) is 13.0. The SMILES string of the molecule is Cc1c(Cl)ccc(C(NN)=C(C#N)C#N)c1Br. The maximum absolute atomic E-state index is 8.84. The monoisotopic (exact) mass is 310 g/mol. The molecule has 6 heteroatoms. The van der Waals surface area contributed by atoms with Gasteiger partial charge < -0.3 is 5.43 Å². The van der Waals surface area contributed by atoms with Gasteiger partial charge in [-0.3, -0.25) is 5.84 Å². The van der Waals surface area contributed by atoms with Gasteiger partial charge in [0.1, 0.15) is 12.1 Å². The van der Waals surface area contributed by atoms with Gasteiger partial charge in [-0.15, -0.1) is 0 Å². The summed E-state index contributed by atoms with van der Waals surface area (Å²) in [6, 6.07) is 6.93. The third kappa shape index (κ3) is 2.59. The molecular formula is C11H8BrClN4. The minimum Gasteiger partial charge on any atom is -0.322 e. The summed E-state index contributed by atoms with van der Waals surface area (Å²) in [7, 11) is 0. The maximum atomic E-state index is 8.84. The number of allylic oxidation sites excluding steroid dienone is 1. The van der Waals surface area contributed by atoms with Gasteiger partial charge in [-0.05, 0) is 34.5 Å². The lowest BCUT2D eigenvalue weighted by atomic mass is 10.1. The van der Waals surface area contributed by atoms with Crippen LogP contribution >= 0.6 is 27.5 Å². The Balaban J connectivity index is 3.55. The number of rotatable bonds is 2. The number of hydrogen-bond acceptors (Lipinski definition) is 4. The van der Waals surface area contributed by atoms with Gasteiger partial charge in [0, 0.05) is 15.1 Å². The van der Waals surface area contributed by atoms with Gasteiger partial charge in [-0.25, -0.2) is 0 Å². The molecule has 0 radical (unpaired) electrons. The third-order valence-electron chi connectivity index (χ3n) is 2.21. The van der Waals surface area contributed by atoms with E-state index in [9.17, 15) is 0 Å². The Morgan fingerprint density at radius 2 is 2.00 bits per heavy atom. The second-order valence-corrected chi connectivity index (χ2v) is 4.35. The van der Waals surface area contributed by atoms with Gasteiger partial charge in [0.05, 0.1) is 5.70 Å². The Morgan fingerprint density at radius 1 is 1.41 bits per heavy atom. The zero-order valence-electron chi connectivity index (χ0n) is 8.88. The molecule has 1 rings (SSSR count). The van der Waals surface area contributed by atoms with E-state index in [1.54, 1.807) is 24.3 Å². The quantitative estimate of drug-likeness (QED) is 0.499. The predicted molar refractivity (Wildman–Crippen MR) is 69.4 cm³/mol. The number of nitrogens with zero attached hydrogens (tertiary/aromatic N) is 2. The van der Waals surface area contributed by atoms with E-state index in [1.807, 2.05) is 6.92 Å². The smallest absolute Gasteiger partial charge is 0.154 e. The molecule has 0 heterocycles. The van der Waals surface area contributed by atoms with Gasteiger partial charge in [0.25, 0.3) is 0 Å². The number of nitriles is 2. The fourth-order valence-corrected chi connectivity index (χ4v) is 2.09. The van der Waals surface area contributed by atoms with Gasteiger partial charge in [-0.1, -0.05) is 17.7 Å². The first-order valence-corrected chi connectivity index (χ1v) is 5.70. The second kappa shape index (κ2) is 5.70. The Hall–Kier alpha value is -1.53. The summed E-state index contributed by atoms with van der Waals surface area (Å²) < 4.78 is 0.695. The summed E-state index contributed by atoms with van der Waals surface area (Å²) in [6.07, 6.45) is 0. The molecule has 0 aliphatic carbocycles. The molecule has 0 atom stereocenters. The summed E-state index contributed by atoms with van der Waals surface area (Å²) in [5.41, 5.74) is 3.98. The van der Waals surface area contributed by atoms with Crippen LogP contribution in [0.25, 0.3) is 5.70 Å². The first kappa shape index (κ1) is 13.5. The molecule has 0 fully saturated rings. The molecule has 0 amide bonds. The summed E-state index contributed by atoms with van der Waals surface area (Å²) in [5, 5.41) is 18.3. The highest BCUT2D eigenvalue weighted by molar-refractivity contribution is 9.10. The van der Waals surface area contributed by atoms with Crippen LogP contribution in [0.1, 0.15) is 11.1 Å². The lowest BCUT2D eigenvalue weighted by Gasteiger charge is -2.11. The average Bonchev–Trinajstić information content (AvgIpc) is 2.34. The Bertz CT molecular complexity index is 550. The van der Waals surface area contributed by atoms with Gasteiger partial charge >= 0.3 is 0 Å². The van der Waals surface area contributed by atoms with Crippen LogP contribution in [0.3, 0.4) is 0 Å². The largest absolute Gasteiger partial charge is 0.322 e. The lowest BCUT2D eigenvalue weighted by Crippen LogP contribution is -2.21. The van der Waals surface area contributed by atoms with Crippen LogP contribution in [0, 0.1) is 29.6 Å². The van der Waals surface area contributed by atoms with E-state index in [4.69, 9.17) is 28.0 Å². The van der Waals surface area contributed by atoms with Crippen LogP contribution in [0.5, 0.6) is 0 Å². The normalized spacial score (nSPS) is 9.06. The molecule has 0 aliphatic rings. The molecule has 1 aromatic rings. The van der Waals surface area contributed by atoms with Crippen molar-refractivity contribution < 1.29 is 0 Å². The minimum absolute atomic E-state index is 0.0880. The number of hydrazine groups is 1. The number of hydrogen-bond donors (Lipinski definition) is 2. The van der Waals surface area contributed by atoms with Crippen molar-refractivity contribution in [3.8, 4) is 12.1 Å². The molecule has 0 saturated carbocycles. The van der Waals surface area contributed by atoms with Crippen molar-refractivity contribution in [2.24, 2.45) is 5.84 Å². The van der Waals surface area contributed by atoms with Crippen LogP contribution in [-0.2, 0) is 0 Å². The molecule has 0 aliphatic heterocycles. The van der Waals surface area contributed by atoms with E-state index >= 15 is 0 Å². The van der Waals surface area contributed by atoms with Crippen LogP contribution in [0.15, 0.2) is 22.2 Å². The van der Waals surface area contributed by atoms with E-state index in [1.165, 1.54) is 0 Å². The van der Waals surface area contributed by atoms with Gasteiger partial charge in [0.2, 0.25) is 0 Å². The Kier molecular flexibility index (Phi) is 4.53. The van der Waals surface area contributed by atoms with Gasteiger partial charge in [-0.2, -0.15) is 10.5 Å². The first-order valence-electron chi connectivity index (χ1n) is 4.52. The van der Waals surface area contributed by atoms with Crippen LogP contribution in [-0.4, -0.2) is 0 Å². The molecule has 0 spiro atoms. The van der Waals surface area contributed by atoms with Crippen LogP contribution < -0.4 is 11.3 Å². The van der Waals surface area contributed by atoms with E-state index in [0.717, 1.165) is 5.56 Å². The predicted octanol–water partition coefficient (Wildman–Crippen LogP) is 2.63. The van der Waals surface area contributed by atoms with E-state index in [2.05, 4.69) is 21.4 Å². The topological polar surface area (TPSA) is 85.6 Å². The maximum Gasteiger partial charge on any atom is 0.154 e. The number of benzene rings is 1. The van der Waals surface area contributed by atoms with Crippen LogP contribution in [0.2, 0.25) is 5.02 Å². The summed E-state index contributed by atoms with van der Waals surface area (Å²) >= 11 is 9.32. The van der Waals surface area contributed by atoms with E-state index in [0.29, 0.717) is 15.1 Å². The van der Waals surface area contributed by atoms with E-state index < -0.39 is 0 Å². The van der Waals surface area contributed by atoms with E-state index in [-0.39, 0.29) is 11.3 Å².